The molecule has 0 aliphatic rings. The van der Waals surface area contributed by atoms with E-state index in [1.165, 1.54) is 0 Å². The molecular formula is C16H14ClNO2. The lowest BCUT2D eigenvalue weighted by molar-refractivity contribution is -0.121. The van der Waals surface area contributed by atoms with Gasteiger partial charge in [-0.15, -0.1) is 11.6 Å². The minimum absolute atomic E-state index is 0.258. The average molecular weight is 288 g/mol. The van der Waals surface area contributed by atoms with Crippen LogP contribution in [0.3, 0.4) is 0 Å². The fraction of sp³-hybridized carbons (Fsp3) is 0.0625. The number of hydroxylamine groups is 1. The molecule has 0 fully saturated rings. The zero-order chi connectivity index (χ0) is 14.4. The Morgan fingerprint density at radius 3 is 2.10 bits per heavy atom. The van der Waals surface area contributed by atoms with Crippen molar-refractivity contribution in [3.05, 3.63) is 65.7 Å². The van der Waals surface area contributed by atoms with E-state index in [1.54, 1.807) is 12.1 Å². The van der Waals surface area contributed by atoms with Crippen molar-refractivity contribution in [2.75, 3.05) is 10.9 Å². The molecule has 4 heteroatoms. The average Bonchev–Trinajstić information content (AvgIpc) is 2.53. The van der Waals surface area contributed by atoms with Crippen LogP contribution < -0.4 is 5.06 Å². The van der Waals surface area contributed by atoms with Gasteiger partial charge in [-0.1, -0.05) is 54.6 Å². The van der Waals surface area contributed by atoms with Crippen LogP contribution >= 0.6 is 11.6 Å². The van der Waals surface area contributed by atoms with E-state index in [0.717, 1.165) is 11.1 Å². The largest absolute Gasteiger partial charge is 0.281 e. The highest BCUT2D eigenvalue weighted by Crippen LogP contribution is 2.16. The summed E-state index contributed by atoms with van der Waals surface area (Å²) in [6, 6.07) is 16.9. The van der Waals surface area contributed by atoms with Crippen LogP contribution in [-0.2, 0) is 4.79 Å². The second-order valence-corrected chi connectivity index (χ2v) is 4.44. The Labute approximate surface area is 122 Å². The Balaban J connectivity index is 2.09. The quantitative estimate of drug-likeness (QED) is 0.402. The Bertz CT molecular complexity index is 594. The van der Waals surface area contributed by atoms with Crippen LogP contribution in [0.4, 0.5) is 5.69 Å². The first-order chi connectivity index (χ1) is 9.70. The van der Waals surface area contributed by atoms with Gasteiger partial charge in [0.05, 0.1) is 5.69 Å². The summed E-state index contributed by atoms with van der Waals surface area (Å²) >= 11 is 5.38. The first kappa shape index (κ1) is 14.3. The molecule has 2 rings (SSSR count). The van der Waals surface area contributed by atoms with Crippen molar-refractivity contribution >= 4 is 35.3 Å². The van der Waals surface area contributed by atoms with E-state index in [0.29, 0.717) is 10.8 Å². The number of benzene rings is 2. The predicted octanol–water partition coefficient (Wildman–Crippen LogP) is 3.82. The molecule has 20 heavy (non-hydrogen) atoms. The van der Waals surface area contributed by atoms with Crippen LogP contribution in [-0.4, -0.2) is 17.0 Å². The summed E-state index contributed by atoms with van der Waals surface area (Å²) in [6.45, 7) is 0. The summed E-state index contributed by atoms with van der Waals surface area (Å²) in [4.78, 5) is 11.2. The molecule has 0 aliphatic heterocycles. The molecule has 1 N–H and O–H groups in total. The Kier molecular flexibility index (Phi) is 4.93. The smallest absolute Gasteiger partial charge is 0.265 e. The van der Waals surface area contributed by atoms with Crippen LogP contribution in [0.25, 0.3) is 12.2 Å². The number of hydrogen-bond donors (Lipinski definition) is 1. The molecule has 2 aromatic carbocycles. The van der Waals surface area contributed by atoms with Crippen LogP contribution in [0.1, 0.15) is 11.1 Å². The van der Waals surface area contributed by atoms with Gasteiger partial charge in [0.25, 0.3) is 5.91 Å². The van der Waals surface area contributed by atoms with Gasteiger partial charge in [0.1, 0.15) is 5.88 Å². The maximum Gasteiger partial charge on any atom is 0.265 e. The summed E-state index contributed by atoms with van der Waals surface area (Å²) in [5, 5.41) is 10.1. The summed E-state index contributed by atoms with van der Waals surface area (Å²) < 4.78 is 0. The second kappa shape index (κ2) is 6.89. The van der Waals surface area contributed by atoms with Gasteiger partial charge in [0, 0.05) is 0 Å². The van der Waals surface area contributed by atoms with Gasteiger partial charge in [-0.25, -0.2) is 0 Å². The van der Waals surface area contributed by atoms with E-state index in [9.17, 15) is 10.0 Å². The standard InChI is InChI=1S/C16H14ClNO2/c17-12-16(19)18(20)15-10-8-14(9-11-15)7-6-13-4-2-1-3-5-13/h1-11,20H,12H2/b7-6-. The third-order valence-corrected chi connectivity index (χ3v) is 2.98. The molecule has 0 aliphatic carbocycles. The zero-order valence-corrected chi connectivity index (χ0v) is 11.5. The Hall–Kier alpha value is -2.10. The number of carbonyl (C=O) groups excluding carboxylic acids is 1. The van der Waals surface area contributed by atoms with Crippen molar-refractivity contribution in [3.8, 4) is 0 Å². The molecule has 2 aromatic rings. The van der Waals surface area contributed by atoms with E-state index in [-0.39, 0.29) is 5.88 Å². The summed E-state index contributed by atoms with van der Waals surface area (Å²) in [5.74, 6) is -0.814. The van der Waals surface area contributed by atoms with Gasteiger partial charge in [0.2, 0.25) is 0 Å². The van der Waals surface area contributed by atoms with Crippen LogP contribution in [0.2, 0.25) is 0 Å². The van der Waals surface area contributed by atoms with E-state index in [1.807, 2.05) is 54.6 Å². The van der Waals surface area contributed by atoms with Gasteiger partial charge >= 0.3 is 0 Å². The monoisotopic (exact) mass is 287 g/mol. The number of carbonyl (C=O) groups is 1. The van der Waals surface area contributed by atoms with Gasteiger partial charge in [-0.3, -0.25) is 10.0 Å². The molecule has 0 heterocycles. The SMILES string of the molecule is O=C(CCl)N(O)c1ccc(/C=C\c2ccccc2)cc1. The first-order valence-electron chi connectivity index (χ1n) is 6.11. The number of rotatable bonds is 4. The third-order valence-electron chi connectivity index (χ3n) is 2.76. The van der Waals surface area contributed by atoms with Gasteiger partial charge in [-0.05, 0) is 23.3 Å². The lowest BCUT2D eigenvalue weighted by atomic mass is 10.1. The topological polar surface area (TPSA) is 40.5 Å². The zero-order valence-electron chi connectivity index (χ0n) is 10.7. The molecule has 0 unspecified atom stereocenters. The molecule has 0 bridgehead atoms. The van der Waals surface area contributed by atoms with Crippen molar-refractivity contribution in [2.24, 2.45) is 0 Å². The lowest BCUT2D eigenvalue weighted by Gasteiger charge is -2.13. The number of nitrogens with zero attached hydrogens (tertiary/aromatic N) is 1. The Morgan fingerprint density at radius 2 is 1.55 bits per heavy atom. The van der Waals surface area contributed by atoms with Crippen molar-refractivity contribution in [1.29, 1.82) is 0 Å². The molecule has 102 valence electrons. The number of alkyl halides is 1. The van der Waals surface area contributed by atoms with Crippen molar-refractivity contribution in [3.63, 3.8) is 0 Å². The minimum atomic E-state index is -0.556. The van der Waals surface area contributed by atoms with E-state index in [4.69, 9.17) is 11.6 Å². The van der Waals surface area contributed by atoms with E-state index >= 15 is 0 Å². The van der Waals surface area contributed by atoms with Crippen LogP contribution in [0.5, 0.6) is 0 Å². The molecule has 0 spiro atoms. The summed E-state index contributed by atoms with van der Waals surface area (Å²) in [5.41, 5.74) is 2.48. The van der Waals surface area contributed by atoms with Gasteiger partial charge in [-0.2, -0.15) is 5.06 Å². The van der Waals surface area contributed by atoms with Crippen LogP contribution in [0, 0.1) is 0 Å². The fourth-order valence-corrected chi connectivity index (χ4v) is 1.80. The summed E-state index contributed by atoms with van der Waals surface area (Å²) in [7, 11) is 0. The normalized spacial score (nSPS) is 10.7. The highest BCUT2D eigenvalue weighted by atomic mass is 35.5. The highest BCUT2D eigenvalue weighted by molar-refractivity contribution is 6.29. The van der Waals surface area contributed by atoms with Gasteiger partial charge < -0.3 is 0 Å². The molecule has 1 amide bonds. The Morgan fingerprint density at radius 1 is 1.00 bits per heavy atom. The van der Waals surface area contributed by atoms with E-state index < -0.39 is 5.91 Å². The van der Waals surface area contributed by atoms with Crippen molar-refractivity contribution in [2.45, 2.75) is 0 Å². The molecule has 0 radical (unpaired) electrons. The molecule has 0 atom stereocenters. The third kappa shape index (κ3) is 3.70. The number of hydrogen-bond acceptors (Lipinski definition) is 2. The number of halogens is 1. The van der Waals surface area contributed by atoms with Crippen molar-refractivity contribution < 1.29 is 10.0 Å². The van der Waals surface area contributed by atoms with Crippen LogP contribution in [0.15, 0.2) is 54.6 Å². The lowest BCUT2D eigenvalue weighted by Crippen LogP contribution is -2.27. The summed E-state index contributed by atoms with van der Waals surface area (Å²) in [6.07, 6.45) is 3.96. The molecule has 3 nitrogen and oxygen atoms in total. The fourth-order valence-electron chi connectivity index (χ4n) is 1.68. The minimum Gasteiger partial charge on any atom is -0.281 e. The first-order valence-corrected chi connectivity index (χ1v) is 6.65. The van der Waals surface area contributed by atoms with Gasteiger partial charge in [0.15, 0.2) is 0 Å². The molecule has 0 aromatic heterocycles. The molecular weight excluding hydrogens is 274 g/mol. The second-order valence-electron chi connectivity index (χ2n) is 4.17. The highest BCUT2D eigenvalue weighted by Gasteiger charge is 2.10. The van der Waals surface area contributed by atoms with E-state index in [2.05, 4.69) is 0 Å². The maximum atomic E-state index is 11.2. The predicted molar refractivity (Wildman–Crippen MR) is 81.8 cm³/mol. The molecule has 0 saturated heterocycles. The maximum absolute atomic E-state index is 11.2. The van der Waals surface area contributed by atoms with Crippen molar-refractivity contribution in [1.82, 2.24) is 0 Å². The molecule has 0 saturated carbocycles. The number of amides is 1. The number of anilines is 1.